The van der Waals surface area contributed by atoms with Crippen molar-refractivity contribution in [2.75, 3.05) is 32.7 Å². The first-order chi connectivity index (χ1) is 13.6. The Morgan fingerprint density at radius 3 is 2.71 bits per heavy atom. The Labute approximate surface area is 178 Å². The number of thioether (sulfide) groups is 1. The molecule has 0 radical (unpaired) electrons. The number of hydrogen-bond donors (Lipinski definition) is 0. The van der Waals surface area contributed by atoms with Crippen LogP contribution < -0.4 is 0 Å². The Kier molecular flexibility index (Phi) is 6.13. The van der Waals surface area contributed by atoms with Gasteiger partial charge in [0.1, 0.15) is 5.82 Å². The van der Waals surface area contributed by atoms with Gasteiger partial charge in [-0.15, -0.1) is 17.8 Å². The van der Waals surface area contributed by atoms with E-state index in [0.29, 0.717) is 0 Å². The van der Waals surface area contributed by atoms with Gasteiger partial charge in [0.05, 0.1) is 29.2 Å². The molecule has 28 heavy (non-hydrogen) atoms. The van der Waals surface area contributed by atoms with Crippen LogP contribution in [0, 0.1) is 17.1 Å². The average molecular weight is 431 g/mol. The summed E-state index contributed by atoms with van der Waals surface area (Å²) >= 11 is 9.04. The lowest BCUT2D eigenvalue weighted by molar-refractivity contribution is 0.111. The molecule has 0 spiro atoms. The minimum atomic E-state index is 0.725. The first kappa shape index (κ1) is 19.6. The maximum absolute atomic E-state index is 5.61. The molecular formula is C19H22N6S3. The molecule has 3 heterocycles. The second-order valence-corrected chi connectivity index (χ2v) is 9.35. The predicted molar refractivity (Wildman–Crippen MR) is 118 cm³/mol. The lowest BCUT2D eigenvalue weighted by Crippen LogP contribution is -2.46. The number of rotatable bonds is 6. The topological polar surface area (TPSA) is 42.1 Å². The van der Waals surface area contributed by atoms with Crippen LogP contribution in [0.4, 0.5) is 0 Å². The SMILES string of the molecule is C#CCN1CCN(Cn2nc(CSc3nc4ccccc4s3)n(C)c2=S)CC1. The zero-order valence-electron chi connectivity index (χ0n) is 15.7. The number of thiazole rings is 1. The van der Waals surface area contributed by atoms with Gasteiger partial charge in [0.15, 0.2) is 9.11 Å². The summed E-state index contributed by atoms with van der Waals surface area (Å²) in [5.41, 5.74) is 1.05. The Morgan fingerprint density at radius 2 is 1.96 bits per heavy atom. The first-order valence-corrected chi connectivity index (χ1v) is 11.3. The smallest absolute Gasteiger partial charge is 0.198 e. The van der Waals surface area contributed by atoms with Crippen molar-refractivity contribution in [3.63, 3.8) is 0 Å². The van der Waals surface area contributed by atoms with Crippen molar-refractivity contribution < 1.29 is 0 Å². The summed E-state index contributed by atoms with van der Waals surface area (Å²) in [4.78, 5) is 9.36. The standard InChI is InChI=1S/C19H22N6S3/c1-3-8-23-9-11-24(12-10-23)14-25-19(26)22(2)17(21-25)13-27-18-20-15-6-4-5-7-16(15)28-18/h1,4-7H,8-14H2,2H3. The number of fused-ring (bicyclic) bond motifs is 1. The van der Waals surface area contributed by atoms with Crippen LogP contribution in [0.5, 0.6) is 0 Å². The molecule has 0 amide bonds. The van der Waals surface area contributed by atoms with Crippen LogP contribution in [0.15, 0.2) is 28.6 Å². The highest BCUT2D eigenvalue weighted by Crippen LogP contribution is 2.31. The van der Waals surface area contributed by atoms with Gasteiger partial charge in [-0.1, -0.05) is 29.8 Å². The summed E-state index contributed by atoms with van der Waals surface area (Å²) in [7, 11) is 1.99. The summed E-state index contributed by atoms with van der Waals surface area (Å²) < 4.78 is 6.97. The van der Waals surface area contributed by atoms with E-state index >= 15 is 0 Å². The van der Waals surface area contributed by atoms with Crippen LogP contribution in [-0.4, -0.2) is 61.9 Å². The quantitative estimate of drug-likeness (QED) is 0.340. The Morgan fingerprint density at radius 1 is 1.21 bits per heavy atom. The molecule has 1 fully saturated rings. The fourth-order valence-electron chi connectivity index (χ4n) is 3.20. The molecule has 9 heteroatoms. The maximum atomic E-state index is 5.61. The average Bonchev–Trinajstić information content (AvgIpc) is 3.24. The van der Waals surface area contributed by atoms with E-state index in [0.717, 1.165) is 65.6 Å². The van der Waals surface area contributed by atoms with Crippen molar-refractivity contribution in [1.29, 1.82) is 0 Å². The molecule has 1 saturated heterocycles. The van der Waals surface area contributed by atoms with Crippen molar-refractivity contribution >= 4 is 45.5 Å². The molecular weight excluding hydrogens is 408 g/mol. The minimum Gasteiger partial charge on any atom is -0.306 e. The van der Waals surface area contributed by atoms with Crippen molar-refractivity contribution in [3.05, 3.63) is 34.9 Å². The lowest BCUT2D eigenvalue weighted by Gasteiger charge is -2.33. The molecule has 0 saturated carbocycles. The molecule has 6 nitrogen and oxygen atoms in total. The molecule has 0 N–H and O–H groups in total. The molecule has 146 valence electrons. The second-order valence-electron chi connectivity index (χ2n) is 6.73. The third kappa shape index (κ3) is 4.31. The largest absolute Gasteiger partial charge is 0.306 e. The molecule has 2 aromatic heterocycles. The van der Waals surface area contributed by atoms with E-state index in [1.807, 2.05) is 28.4 Å². The number of para-hydroxylation sites is 1. The summed E-state index contributed by atoms with van der Waals surface area (Å²) in [6, 6.07) is 8.23. The van der Waals surface area contributed by atoms with Crippen molar-refractivity contribution in [3.8, 4) is 12.3 Å². The van der Waals surface area contributed by atoms with E-state index in [9.17, 15) is 0 Å². The minimum absolute atomic E-state index is 0.725. The lowest BCUT2D eigenvalue weighted by atomic mass is 10.3. The second kappa shape index (κ2) is 8.76. The fourth-order valence-corrected chi connectivity index (χ4v) is 5.45. The Hall–Kier alpha value is -1.70. The number of aromatic nitrogens is 4. The highest BCUT2D eigenvalue weighted by Gasteiger charge is 2.18. The number of benzene rings is 1. The monoisotopic (exact) mass is 430 g/mol. The van der Waals surface area contributed by atoms with Crippen LogP contribution >= 0.6 is 35.3 Å². The van der Waals surface area contributed by atoms with E-state index < -0.39 is 0 Å². The highest BCUT2D eigenvalue weighted by molar-refractivity contribution is 8.00. The molecule has 0 unspecified atom stereocenters. The fraction of sp³-hybridized carbons (Fsp3) is 0.421. The third-order valence-electron chi connectivity index (χ3n) is 4.84. The van der Waals surface area contributed by atoms with Gasteiger partial charge in [-0.2, -0.15) is 5.10 Å². The van der Waals surface area contributed by atoms with Crippen LogP contribution in [0.3, 0.4) is 0 Å². The van der Waals surface area contributed by atoms with Crippen LogP contribution in [0.2, 0.25) is 0 Å². The zero-order chi connectivity index (χ0) is 19.5. The molecule has 1 aromatic carbocycles. The molecule has 0 aliphatic carbocycles. The van der Waals surface area contributed by atoms with Crippen LogP contribution in [-0.2, 0) is 19.5 Å². The molecule has 1 aliphatic heterocycles. The number of nitrogens with zero attached hydrogens (tertiary/aromatic N) is 6. The van der Waals surface area contributed by atoms with Gasteiger partial charge in [0.25, 0.3) is 0 Å². The molecule has 0 bridgehead atoms. The van der Waals surface area contributed by atoms with E-state index in [4.69, 9.17) is 23.7 Å². The van der Waals surface area contributed by atoms with E-state index in [1.165, 1.54) is 4.70 Å². The first-order valence-electron chi connectivity index (χ1n) is 9.13. The number of hydrogen-bond acceptors (Lipinski definition) is 7. The van der Waals surface area contributed by atoms with Gasteiger partial charge in [-0.05, 0) is 24.4 Å². The van der Waals surface area contributed by atoms with E-state index in [-0.39, 0.29) is 0 Å². The summed E-state index contributed by atoms with van der Waals surface area (Å²) in [5.74, 6) is 4.45. The van der Waals surface area contributed by atoms with Gasteiger partial charge in [0, 0.05) is 33.2 Å². The van der Waals surface area contributed by atoms with Crippen LogP contribution in [0.25, 0.3) is 10.2 Å². The normalized spacial score (nSPS) is 15.9. The van der Waals surface area contributed by atoms with Gasteiger partial charge >= 0.3 is 0 Å². The molecule has 3 aromatic rings. The zero-order valence-corrected chi connectivity index (χ0v) is 18.2. The Bertz CT molecular complexity index is 1020. The number of piperazine rings is 1. The van der Waals surface area contributed by atoms with E-state index in [2.05, 4.69) is 32.8 Å². The molecule has 1 aliphatic rings. The maximum Gasteiger partial charge on any atom is 0.198 e. The van der Waals surface area contributed by atoms with Crippen molar-refractivity contribution in [2.45, 2.75) is 16.8 Å². The third-order valence-corrected chi connectivity index (χ3v) is 7.50. The van der Waals surface area contributed by atoms with Crippen LogP contribution in [0.1, 0.15) is 5.82 Å². The van der Waals surface area contributed by atoms with Crippen molar-refractivity contribution in [2.24, 2.45) is 7.05 Å². The molecule has 0 atom stereocenters. The Balaban J connectivity index is 1.39. The summed E-state index contributed by atoms with van der Waals surface area (Å²) in [6.07, 6.45) is 5.41. The van der Waals surface area contributed by atoms with Gasteiger partial charge in [-0.3, -0.25) is 9.80 Å². The van der Waals surface area contributed by atoms with E-state index in [1.54, 1.807) is 23.1 Å². The van der Waals surface area contributed by atoms with Gasteiger partial charge in [-0.25, -0.2) is 9.67 Å². The number of terminal acetylenes is 1. The predicted octanol–water partition coefficient (Wildman–Crippen LogP) is 3.06. The summed E-state index contributed by atoms with van der Waals surface area (Å²) in [6.45, 7) is 5.40. The summed E-state index contributed by atoms with van der Waals surface area (Å²) in [5, 5.41) is 4.77. The van der Waals surface area contributed by atoms with Crippen molar-refractivity contribution in [1.82, 2.24) is 29.1 Å². The van der Waals surface area contributed by atoms with Gasteiger partial charge in [0.2, 0.25) is 0 Å². The highest BCUT2D eigenvalue weighted by atomic mass is 32.2. The van der Waals surface area contributed by atoms with Gasteiger partial charge < -0.3 is 4.57 Å². The molecule has 4 rings (SSSR count).